The lowest BCUT2D eigenvalue weighted by Crippen LogP contribution is -2.47. The number of rotatable bonds is 1. The lowest BCUT2D eigenvalue weighted by atomic mass is 10.0. The van der Waals surface area contributed by atoms with Crippen LogP contribution in [0.5, 0.6) is 0 Å². The molecule has 14 heavy (non-hydrogen) atoms. The Labute approximate surface area is 85.8 Å². The smallest absolute Gasteiger partial charge is 0.0992 e. The van der Waals surface area contributed by atoms with Crippen LogP contribution in [0.25, 0.3) is 0 Å². The normalized spacial score (nSPS) is 30.3. The topological polar surface area (TPSA) is 35.8 Å². The molecule has 3 heteroatoms. The number of amidine groups is 1. The van der Waals surface area contributed by atoms with Crippen LogP contribution in [0.3, 0.4) is 0 Å². The molecule has 2 atom stereocenters. The van der Waals surface area contributed by atoms with Gasteiger partial charge in [-0.3, -0.25) is 4.99 Å². The number of aliphatic hydroxyl groups is 1. The molecular formula is C11H20N2O. The summed E-state index contributed by atoms with van der Waals surface area (Å²) in [5.74, 6) is 1.25. The zero-order chi connectivity index (χ0) is 9.97. The van der Waals surface area contributed by atoms with E-state index >= 15 is 0 Å². The summed E-state index contributed by atoms with van der Waals surface area (Å²) in [5.41, 5.74) is 0. The number of aliphatic hydroxyl groups excluding tert-OH is 1. The Balaban J connectivity index is 2.16. The fourth-order valence-electron chi connectivity index (χ4n) is 2.54. The number of hydrogen-bond donors (Lipinski definition) is 1. The van der Waals surface area contributed by atoms with Crippen molar-refractivity contribution in [3.8, 4) is 0 Å². The molecule has 0 aromatic heterocycles. The lowest BCUT2D eigenvalue weighted by Gasteiger charge is -2.36. The van der Waals surface area contributed by atoms with E-state index in [0.717, 1.165) is 32.4 Å². The fourth-order valence-corrected chi connectivity index (χ4v) is 2.54. The number of aliphatic imine (C=N–C) groups is 1. The molecule has 2 aliphatic rings. The predicted octanol–water partition coefficient (Wildman–Crippen LogP) is 1.41. The van der Waals surface area contributed by atoms with Crippen molar-refractivity contribution in [1.29, 1.82) is 0 Å². The monoisotopic (exact) mass is 196 g/mol. The molecule has 0 spiro atoms. The Hall–Kier alpha value is -0.570. The van der Waals surface area contributed by atoms with Crippen LogP contribution < -0.4 is 0 Å². The van der Waals surface area contributed by atoms with Crippen molar-refractivity contribution in [2.24, 2.45) is 4.99 Å². The largest absolute Gasteiger partial charge is 0.391 e. The molecule has 1 saturated heterocycles. The van der Waals surface area contributed by atoms with Gasteiger partial charge in [0.1, 0.15) is 0 Å². The summed E-state index contributed by atoms with van der Waals surface area (Å²) >= 11 is 0. The van der Waals surface area contributed by atoms with Crippen LogP contribution in [0.15, 0.2) is 4.99 Å². The van der Waals surface area contributed by atoms with Gasteiger partial charge in [0, 0.05) is 19.5 Å². The first kappa shape index (κ1) is 9.97. The molecule has 2 heterocycles. The van der Waals surface area contributed by atoms with E-state index < -0.39 is 0 Å². The van der Waals surface area contributed by atoms with Gasteiger partial charge in [-0.05, 0) is 26.2 Å². The highest BCUT2D eigenvalue weighted by atomic mass is 16.3. The molecule has 2 unspecified atom stereocenters. The van der Waals surface area contributed by atoms with Gasteiger partial charge < -0.3 is 10.0 Å². The molecule has 0 saturated carbocycles. The van der Waals surface area contributed by atoms with E-state index in [4.69, 9.17) is 0 Å². The van der Waals surface area contributed by atoms with Gasteiger partial charge in [0.05, 0.1) is 18.0 Å². The lowest BCUT2D eigenvalue weighted by molar-refractivity contribution is 0.0920. The molecule has 0 radical (unpaired) electrons. The minimum absolute atomic E-state index is 0.226. The van der Waals surface area contributed by atoms with E-state index in [9.17, 15) is 5.11 Å². The van der Waals surface area contributed by atoms with Crippen molar-refractivity contribution in [2.75, 3.05) is 13.1 Å². The van der Waals surface area contributed by atoms with Crippen LogP contribution in [-0.2, 0) is 0 Å². The van der Waals surface area contributed by atoms with Gasteiger partial charge in [-0.1, -0.05) is 6.42 Å². The van der Waals surface area contributed by atoms with Gasteiger partial charge in [-0.15, -0.1) is 0 Å². The highest BCUT2D eigenvalue weighted by Gasteiger charge is 2.28. The highest BCUT2D eigenvalue weighted by molar-refractivity contribution is 5.83. The molecule has 2 aliphatic heterocycles. The third-order valence-electron chi connectivity index (χ3n) is 3.29. The van der Waals surface area contributed by atoms with Crippen molar-refractivity contribution >= 4 is 5.84 Å². The van der Waals surface area contributed by atoms with Gasteiger partial charge >= 0.3 is 0 Å². The van der Waals surface area contributed by atoms with E-state index in [1.807, 2.05) is 6.92 Å². The molecule has 0 aromatic carbocycles. The summed E-state index contributed by atoms with van der Waals surface area (Å²) in [6.07, 6.45) is 5.62. The van der Waals surface area contributed by atoms with Crippen molar-refractivity contribution < 1.29 is 5.11 Å². The van der Waals surface area contributed by atoms with Crippen molar-refractivity contribution in [2.45, 2.75) is 51.2 Å². The third kappa shape index (κ3) is 1.92. The molecule has 0 amide bonds. The van der Waals surface area contributed by atoms with Crippen LogP contribution in [0.4, 0.5) is 0 Å². The summed E-state index contributed by atoms with van der Waals surface area (Å²) in [6.45, 7) is 3.98. The van der Waals surface area contributed by atoms with Gasteiger partial charge in [0.2, 0.25) is 0 Å². The Morgan fingerprint density at radius 2 is 2.29 bits per heavy atom. The molecule has 1 fully saturated rings. The second kappa shape index (κ2) is 4.30. The first-order valence-electron chi connectivity index (χ1n) is 5.77. The maximum absolute atomic E-state index is 9.74. The van der Waals surface area contributed by atoms with Crippen LogP contribution in [0, 0.1) is 0 Å². The summed E-state index contributed by atoms with van der Waals surface area (Å²) in [7, 11) is 0. The summed E-state index contributed by atoms with van der Waals surface area (Å²) in [6, 6.07) is 0.316. The number of hydrogen-bond acceptors (Lipinski definition) is 3. The van der Waals surface area contributed by atoms with Crippen molar-refractivity contribution in [3.63, 3.8) is 0 Å². The van der Waals surface area contributed by atoms with Gasteiger partial charge in [0.25, 0.3) is 0 Å². The minimum Gasteiger partial charge on any atom is -0.391 e. The Morgan fingerprint density at radius 1 is 1.43 bits per heavy atom. The maximum Gasteiger partial charge on any atom is 0.0992 e. The molecule has 3 nitrogen and oxygen atoms in total. The molecule has 80 valence electrons. The first-order valence-corrected chi connectivity index (χ1v) is 5.77. The highest BCUT2D eigenvalue weighted by Crippen LogP contribution is 2.23. The minimum atomic E-state index is -0.226. The Bertz CT molecular complexity index is 225. The van der Waals surface area contributed by atoms with Crippen LogP contribution >= 0.6 is 0 Å². The summed E-state index contributed by atoms with van der Waals surface area (Å²) in [4.78, 5) is 6.92. The quantitative estimate of drug-likeness (QED) is 0.688. The second-order valence-electron chi connectivity index (χ2n) is 4.40. The van der Waals surface area contributed by atoms with Gasteiger partial charge in [-0.25, -0.2) is 0 Å². The van der Waals surface area contributed by atoms with Crippen LogP contribution in [-0.4, -0.2) is 41.1 Å². The molecule has 0 bridgehead atoms. The molecule has 0 aromatic rings. The average molecular weight is 196 g/mol. The second-order valence-corrected chi connectivity index (χ2v) is 4.40. The number of nitrogens with zero attached hydrogens (tertiary/aromatic N) is 2. The fraction of sp³-hybridized carbons (Fsp3) is 0.909. The summed E-state index contributed by atoms with van der Waals surface area (Å²) in [5, 5.41) is 9.74. The van der Waals surface area contributed by atoms with Crippen molar-refractivity contribution in [3.05, 3.63) is 0 Å². The zero-order valence-corrected chi connectivity index (χ0v) is 8.95. The van der Waals surface area contributed by atoms with E-state index in [1.54, 1.807) is 0 Å². The molecule has 1 N–H and O–H groups in total. The predicted molar refractivity (Wildman–Crippen MR) is 57.6 cm³/mol. The zero-order valence-electron chi connectivity index (χ0n) is 8.95. The van der Waals surface area contributed by atoms with Crippen LogP contribution in [0.1, 0.15) is 39.0 Å². The van der Waals surface area contributed by atoms with Crippen molar-refractivity contribution in [1.82, 2.24) is 4.90 Å². The molecule has 2 rings (SSSR count). The maximum atomic E-state index is 9.74. The average Bonchev–Trinajstić information content (AvgIpc) is 2.39. The summed E-state index contributed by atoms with van der Waals surface area (Å²) < 4.78 is 0. The molecule has 0 aliphatic carbocycles. The van der Waals surface area contributed by atoms with Gasteiger partial charge in [-0.2, -0.15) is 0 Å². The van der Waals surface area contributed by atoms with Crippen LogP contribution in [0.2, 0.25) is 0 Å². The first-order chi connectivity index (χ1) is 6.79. The van der Waals surface area contributed by atoms with Gasteiger partial charge in [0.15, 0.2) is 0 Å². The Kier molecular flexibility index (Phi) is 3.06. The Morgan fingerprint density at radius 3 is 3.07 bits per heavy atom. The van der Waals surface area contributed by atoms with E-state index in [2.05, 4.69) is 9.89 Å². The van der Waals surface area contributed by atoms with E-state index in [1.165, 1.54) is 18.7 Å². The molecular weight excluding hydrogens is 176 g/mol. The standard InChI is InChI=1S/C11H20N2O/c1-9(14)10-5-2-3-6-11-12-7-4-8-13(10)11/h9-10,14H,2-8H2,1H3. The van der Waals surface area contributed by atoms with E-state index in [0.29, 0.717) is 6.04 Å². The van der Waals surface area contributed by atoms with E-state index in [-0.39, 0.29) is 6.10 Å². The number of fused-ring (bicyclic) bond motifs is 1. The SMILES string of the molecule is CC(O)C1CCCCC2=NCCCN21. The third-order valence-corrected chi connectivity index (χ3v) is 3.29.